The molecule has 1 aromatic rings. The second-order valence-corrected chi connectivity index (χ2v) is 2.75. The first kappa shape index (κ1) is 7.30. The summed E-state index contributed by atoms with van der Waals surface area (Å²) in [6.07, 6.45) is 0. The Morgan fingerprint density at radius 1 is 1.10 bits per heavy atom. The molecule has 0 aromatic carbocycles. The Labute approximate surface area is 61.1 Å². The normalized spacial score (nSPS) is 9.30. The molecule has 0 aliphatic heterocycles. The Hall–Kier alpha value is -0.810. The van der Waals surface area contributed by atoms with Crippen LogP contribution in [0, 0.1) is 5.82 Å². The van der Waals surface area contributed by atoms with Gasteiger partial charge in [0, 0.05) is 0 Å². The zero-order valence-corrected chi connectivity index (χ0v) is 6.42. The molecule has 1 unspecified atom stereocenters. The van der Waals surface area contributed by atoms with Gasteiger partial charge in [-0.2, -0.15) is 0 Å². The first-order valence-electron chi connectivity index (χ1n) is 3.01. The van der Waals surface area contributed by atoms with Crippen LogP contribution < -0.4 is 0 Å². The van der Waals surface area contributed by atoms with Gasteiger partial charge in [-0.1, -0.05) is 24.3 Å². The van der Waals surface area contributed by atoms with Crippen LogP contribution in [0.3, 0.4) is 0 Å². The average molecular weight is 154 g/mol. The Kier molecular flexibility index (Phi) is 2.98. The van der Waals surface area contributed by atoms with Crippen LogP contribution in [0.5, 0.6) is 0 Å². The second kappa shape index (κ2) is 4.08. The lowest BCUT2D eigenvalue weighted by molar-refractivity contribution is 0.632. The molecule has 2 heteroatoms. The van der Waals surface area contributed by atoms with Crippen LogP contribution in [-0.2, 0) is 0 Å². The van der Waals surface area contributed by atoms with Crippen LogP contribution in [0.15, 0.2) is 41.9 Å². The molecule has 0 saturated carbocycles. The third-order valence-electron chi connectivity index (χ3n) is 1.00. The molecule has 1 aromatic heterocycles. The van der Waals surface area contributed by atoms with Crippen LogP contribution in [0.2, 0.25) is 0 Å². The number of hydrogen-bond donors (Lipinski definition) is 0. The lowest BCUT2D eigenvalue weighted by Crippen LogP contribution is -1.56. The van der Waals surface area contributed by atoms with Crippen LogP contribution >= 0.6 is 8.19 Å². The summed E-state index contributed by atoms with van der Waals surface area (Å²) in [5.41, 5.74) is 0. The van der Waals surface area contributed by atoms with Gasteiger partial charge in [0.25, 0.3) is 0 Å². The molecule has 0 bridgehead atoms. The summed E-state index contributed by atoms with van der Waals surface area (Å²) in [6, 6.07) is 8.75. The standard InChI is InChI=1S/C8H8FP/c9-8-5-3-1-2-4-6-10-7-8/h1-7,10H. The van der Waals surface area contributed by atoms with Crippen molar-refractivity contribution in [2.45, 2.75) is 0 Å². The molecule has 1 heterocycles. The predicted molar refractivity (Wildman–Crippen MR) is 43.5 cm³/mol. The van der Waals surface area contributed by atoms with Crippen molar-refractivity contribution in [3.05, 3.63) is 47.7 Å². The molecular weight excluding hydrogens is 146 g/mol. The fourth-order valence-electron chi connectivity index (χ4n) is 0.563. The molecule has 0 N–H and O–H groups in total. The molecule has 0 nitrogen and oxygen atoms in total. The fourth-order valence-corrected chi connectivity index (χ4v) is 1.14. The minimum atomic E-state index is -0.158. The van der Waals surface area contributed by atoms with Gasteiger partial charge in [-0.25, -0.2) is 4.39 Å². The highest BCUT2D eigenvalue weighted by Gasteiger charge is 1.74. The zero-order valence-electron chi connectivity index (χ0n) is 5.42. The Morgan fingerprint density at radius 3 is 2.80 bits per heavy atom. The minimum Gasteiger partial charge on any atom is -0.207 e. The van der Waals surface area contributed by atoms with Crippen molar-refractivity contribution in [2.24, 2.45) is 0 Å². The largest absolute Gasteiger partial charge is 0.207 e. The van der Waals surface area contributed by atoms with Crippen LogP contribution in [-0.4, -0.2) is 0 Å². The van der Waals surface area contributed by atoms with E-state index < -0.39 is 0 Å². The van der Waals surface area contributed by atoms with E-state index in [2.05, 4.69) is 0 Å². The van der Waals surface area contributed by atoms with Gasteiger partial charge in [0.15, 0.2) is 0 Å². The van der Waals surface area contributed by atoms with Gasteiger partial charge in [-0.15, -0.1) is 8.19 Å². The van der Waals surface area contributed by atoms with Crippen molar-refractivity contribution >= 4 is 8.19 Å². The smallest absolute Gasteiger partial charge is 0.126 e. The third-order valence-corrected chi connectivity index (χ3v) is 1.83. The van der Waals surface area contributed by atoms with Gasteiger partial charge in [-0.05, 0) is 17.7 Å². The molecule has 0 spiro atoms. The molecule has 52 valence electrons. The monoisotopic (exact) mass is 154 g/mol. The molecule has 0 radical (unpaired) electrons. The van der Waals surface area contributed by atoms with E-state index in [-0.39, 0.29) is 5.82 Å². The van der Waals surface area contributed by atoms with Gasteiger partial charge in [-0.3, -0.25) is 0 Å². The van der Waals surface area contributed by atoms with Gasteiger partial charge >= 0.3 is 0 Å². The van der Waals surface area contributed by atoms with E-state index in [1.165, 1.54) is 6.07 Å². The quantitative estimate of drug-likeness (QED) is 0.538. The van der Waals surface area contributed by atoms with Gasteiger partial charge in [0.1, 0.15) is 5.82 Å². The molecule has 0 aliphatic rings. The summed E-state index contributed by atoms with van der Waals surface area (Å²) in [7, 11) is 0.446. The van der Waals surface area contributed by atoms with Crippen LogP contribution in [0.4, 0.5) is 4.39 Å². The average Bonchev–Trinajstić information content (AvgIpc) is 2.02. The number of rotatable bonds is 0. The topological polar surface area (TPSA) is 0 Å². The SMILES string of the molecule is Fc1cccccc[pH]c1. The van der Waals surface area contributed by atoms with Crippen molar-refractivity contribution in [3.63, 3.8) is 0 Å². The van der Waals surface area contributed by atoms with E-state index in [1.807, 2.05) is 17.9 Å². The maximum Gasteiger partial charge on any atom is 0.126 e. The lowest BCUT2D eigenvalue weighted by Gasteiger charge is -1.72. The molecule has 0 saturated heterocycles. The van der Waals surface area contributed by atoms with Crippen molar-refractivity contribution in [3.8, 4) is 0 Å². The van der Waals surface area contributed by atoms with Crippen molar-refractivity contribution in [2.75, 3.05) is 0 Å². The molecule has 0 amide bonds. The molecule has 1 rings (SSSR count). The predicted octanol–water partition coefficient (Wildman–Crippen LogP) is 2.98. The van der Waals surface area contributed by atoms with Crippen molar-refractivity contribution < 1.29 is 4.39 Å². The van der Waals surface area contributed by atoms with E-state index in [9.17, 15) is 4.39 Å². The van der Waals surface area contributed by atoms with E-state index in [4.69, 9.17) is 0 Å². The highest BCUT2D eigenvalue weighted by Crippen LogP contribution is 2.01. The van der Waals surface area contributed by atoms with Crippen molar-refractivity contribution in [1.82, 2.24) is 0 Å². The molecular formula is C8H8FP. The van der Waals surface area contributed by atoms with Crippen LogP contribution in [0.25, 0.3) is 0 Å². The molecule has 10 heavy (non-hydrogen) atoms. The highest BCUT2D eigenvalue weighted by molar-refractivity contribution is 7.28. The summed E-state index contributed by atoms with van der Waals surface area (Å²) in [5, 5.41) is 0. The van der Waals surface area contributed by atoms with E-state index in [0.717, 1.165) is 0 Å². The fraction of sp³-hybridized carbons (Fsp3) is 0. The molecule has 0 fully saturated rings. The van der Waals surface area contributed by atoms with Crippen LogP contribution in [0.1, 0.15) is 0 Å². The molecule has 1 atom stereocenters. The van der Waals surface area contributed by atoms with E-state index in [1.54, 1.807) is 17.9 Å². The number of hydrogen-bond acceptors (Lipinski definition) is 0. The highest BCUT2D eigenvalue weighted by atomic mass is 31.0. The first-order chi connectivity index (χ1) is 4.89. The van der Waals surface area contributed by atoms with E-state index in [0.29, 0.717) is 8.19 Å². The Balaban J connectivity index is 3.13. The second-order valence-electron chi connectivity index (χ2n) is 1.80. The van der Waals surface area contributed by atoms with Gasteiger partial charge in [0.05, 0.1) is 0 Å². The van der Waals surface area contributed by atoms with E-state index >= 15 is 0 Å². The summed E-state index contributed by atoms with van der Waals surface area (Å²) < 4.78 is 12.5. The first-order valence-corrected chi connectivity index (χ1v) is 4.17. The summed E-state index contributed by atoms with van der Waals surface area (Å²) in [4.78, 5) is 0. The summed E-state index contributed by atoms with van der Waals surface area (Å²) >= 11 is 0. The molecule has 0 aliphatic carbocycles. The number of halogens is 1. The van der Waals surface area contributed by atoms with Crippen molar-refractivity contribution in [1.29, 1.82) is 0 Å². The Bertz CT molecular complexity index is 217. The minimum absolute atomic E-state index is 0.158. The lowest BCUT2D eigenvalue weighted by atomic mass is 10.5. The maximum atomic E-state index is 12.5. The maximum absolute atomic E-state index is 12.5. The van der Waals surface area contributed by atoms with Gasteiger partial charge < -0.3 is 0 Å². The van der Waals surface area contributed by atoms with Gasteiger partial charge in [0.2, 0.25) is 0 Å². The Morgan fingerprint density at radius 2 is 1.90 bits per heavy atom. The third kappa shape index (κ3) is 2.65. The summed E-state index contributed by atoms with van der Waals surface area (Å²) in [5.74, 6) is 3.35. The summed E-state index contributed by atoms with van der Waals surface area (Å²) in [6.45, 7) is 0. The zero-order chi connectivity index (χ0) is 7.23.